The number of aryl methyl sites for hydroxylation is 1. The molecule has 5 rings (SSSR count). The highest BCUT2D eigenvalue weighted by Gasteiger charge is 2.39. The number of hydrogen-bond acceptors (Lipinski definition) is 5. The Morgan fingerprint density at radius 1 is 1.10 bits per heavy atom. The molecule has 7 nitrogen and oxygen atoms in total. The molecule has 1 fully saturated rings. The monoisotopic (exact) mass is 408 g/mol. The molecule has 156 valence electrons. The van der Waals surface area contributed by atoms with Gasteiger partial charge in [0.05, 0.1) is 13.0 Å². The van der Waals surface area contributed by atoms with E-state index in [0.29, 0.717) is 37.8 Å². The quantitative estimate of drug-likeness (QED) is 0.781. The Morgan fingerprint density at radius 2 is 1.93 bits per heavy atom. The third-order valence-corrected chi connectivity index (χ3v) is 5.98. The minimum atomic E-state index is -0.362. The molecule has 3 aliphatic rings. The van der Waals surface area contributed by atoms with Gasteiger partial charge in [0.1, 0.15) is 19.0 Å². The average molecular weight is 408 g/mol. The van der Waals surface area contributed by atoms with Crippen molar-refractivity contribution in [2.75, 3.05) is 43.2 Å². The molecule has 0 radical (unpaired) electrons. The normalized spacial score (nSPS) is 20.2. The van der Waals surface area contributed by atoms with E-state index in [1.165, 1.54) is 0 Å². The second kappa shape index (κ2) is 7.55. The van der Waals surface area contributed by atoms with E-state index in [-0.39, 0.29) is 24.2 Å². The van der Waals surface area contributed by atoms with Crippen molar-refractivity contribution in [3.8, 4) is 17.2 Å². The third-order valence-electron chi connectivity index (χ3n) is 5.98. The molecular weight excluding hydrogens is 384 g/mol. The maximum absolute atomic E-state index is 13.3. The fourth-order valence-corrected chi connectivity index (χ4v) is 4.47. The third kappa shape index (κ3) is 3.24. The zero-order valence-electron chi connectivity index (χ0n) is 16.9. The summed E-state index contributed by atoms with van der Waals surface area (Å²) in [7, 11) is 1.64. The van der Waals surface area contributed by atoms with Crippen LogP contribution in [0.25, 0.3) is 0 Å². The van der Waals surface area contributed by atoms with Gasteiger partial charge in [-0.25, -0.2) is 0 Å². The van der Waals surface area contributed by atoms with Crippen LogP contribution in [-0.2, 0) is 16.0 Å². The predicted octanol–water partition coefficient (Wildman–Crippen LogP) is 2.80. The molecule has 30 heavy (non-hydrogen) atoms. The smallest absolute Gasteiger partial charge is 0.232 e. The van der Waals surface area contributed by atoms with Crippen LogP contribution in [0.15, 0.2) is 36.4 Å². The van der Waals surface area contributed by atoms with Crippen LogP contribution in [0.4, 0.5) is 11.4 Å². The van der Waals surface area contributed by atoms with Crippen LogP contribution in [0.3, 0.4) is 0 Å². The zero-order chi connectivity index (χ0) is 20.7. The molecule has 1 atom stereocenters. The Labute approximate surface area is 175 Å². The van der Waals surface area contributed by atoms with Gasteiger partial charge in [-0.05, 0) is 48.7 Å². The van der Waals surface area contributed by atoms with Gasteiger partial charge in [-0.1, -0.05) is 0 Å². The number of carbonyl (C=O) groups excluding carboxylic acids is 2. The van der Waals surface area contributed by atoms with E-state index in [1.807, 2.05) is 41.3 Å². The number of ether oxygens (including phenoxy) is 3. The first kappa shape index (κ1) is 18.8. The van der Waals surface area contributed by atoms with Crippen LogP contribution in [0.1, 0.15) is 18.4 Å². The van der Waals surface area contributed by atoms with Crippen LogP contribution in [0.2, 0.25) is 0 Å². The molecule has 1 unspecified atom stereocenters. The van der Waals surface area contributed by atoms with Crippen LogP contribution in [0.5, 0.6) is 17.2 Å². The lowest BCUT2D eigenvalue weighted by molar-refractivity contribution is -0.124. The van der Waals surface area contributed by atoms with Crippen molar-refractivity contribution in [2.45, 2.75) is 19.3 Å². The molecule has 0 bridgehead atoms. The average Bonchev–Trinajstić information content (AvgIpc) is 3.19. The van der Waals surface area contributed by atoms with Crippen LogP contribution >= 0.6 is 0 Å². The predicted molar refractivity (Wildman–Crippen MR) is 112 cm³/mol. The Morgan fingerprint density at radius 3 is 2.77 bits per heavy atom. The molecule has 0 N–H and O–H groups in total. The van der Waals surface area contributed by atoms with Gasteiger partial charge in [0.2, 0.25) is 11.8 Å². The largest absolute Gasteiger partial charge is 0.497 e. The van der Waals surface area contributed by atoms with Crippen molar-refractivity contribution in [1.29, 1.82) is 0 Å². The highest BCUT2D eigenvalue weighted by Crippen LogP contribution is 2.37. The molecule has 0 aromatic heterocycles. The number of carbonyl (C=O) groups is 2. The highest BCUT2D eigenvalue weighted by molar-refractivity contribution is 6.05. The molecule has 0 aliphatic carbocycles. The van der Waals surface area contributed by atoms with Crippen molar-refractivity contribution >= 4 is 23.2 Å². The first-order chi connectivity index (χ1) is 14.6. The lowest BCUT2D eigenvalue weighted by atomic mass is 9.98. The van der Waals surface area contributed by atoms with Gasteiger partial charge in [-0.3, -0.25) is 9.59 Å². The Balaban J connectivity index is 1.36. The molecule has 3 heterocycles. The summed E-state index contributed by atoms with van der Waals surface area (Å²) in [6.07, 6.45) is 2.04. The number of rotatable bonds is 3. The summed E-state index contributed by atoms with van der Waals surface area (Å²) < 4.78 is 16.5. The van der Waals surface area contributed by atoms with Gasteiger partial charge in [0, 0.05) is 37.0 Å². The molecule has 2 aromatic rings. The van der Waals surface area contributed by atoms with Crippen LogP contribution < -0.4 is 24.0 Å². The maximum Gasteiger partial charge on any atom is 0.232 e. The number of hydrogen-bond donors (Lipinski definition) is 0. The summed E-state index contributed by atoms with van der Waals surface area (Å²) in [5.74, 6) is 1.72. The second-order valence-corrected chi connectivity index (χ2v) is 7.82. The molecule has 0 saturated carbocycles. The number of nitrogens with zero attached hydrogens (tertiary/aromatic N) is 2. The van der Waals surface area contributed by atoms with Crippen LogP contribution in [0, 0.1) is 5.92 Å². The van der Waals surface area contributed by atoms with Crippen molar-refractivity contribution in [2.24, 2.45) is 5.92 Å². The van der Waals surface area contributed by atoms with E-state index in [9.17, 15) is 9.59 Å². The van der Waals surface area contributed by atoms with Crippen molar-refractivity contribution in [1.82, 2.24) is 0 Å². The summed E-state index contributed by atoms with van der Waals surface area (Å²) in [5.41, 5.74) is 2.78. The summed E-state index contributed by atoms with van der Waals surface area (Å²) >= 11 is 0. The number of benzene rings is 2. The second-order valence-electron chi connectivity index (χ2n) is 7.82. The van der Waals surface area contributed by atoms with Crippen molar-refractivity contribution in [3.05, 3.63) is 42.0 Å². The Hall–Kier alpha value is -3.22. The minimum absolute atomic E-state index is 0.00881. The van der Waals surface area contributed by atoms with Crippen molar-refractivity contribution < 1.29 is 23.8 Å². The van der Waals surface area contributed by atoms with E-state index >= 15 is 0 Å². The number of anilines is 2. The molecule has 0 spiro atoms. The zero-order valence-corrected chi connectivity index (χ0v) is 16.9. The van der Waals surface area contributed by atoms with Crippen LogP contribution in [-0.4, -0.2) is 45.2 Å². The molecule has 2 aromatic carbocycles. The molecular formula is C23H24N2O5. The fraction of sp³-hybridized carbons (Fsp3) is 0.391. The number of methoxy groups -OCH3 is 1. The summed E-state index contributed by atoms with van der Waals surface area (Å²) in [6.45, 7) is 2.06. The Kier molecular flexibility index (Phi) is 4.73. The lowest BCUT2D eigenvalue weighted by Crippen LogP contribution is -2.40. The number of fused-ring (bicyclic) bond motifs is 2. The SMILES string of the molecule is COc1ccc2c(c1)CCCN2C(=O)C1CC(=O)N(c2ccc3c(c2)OCCO3)C1. The summed E-state index contributed by atoms with van der Waals surface area (Å²) in [4.78, 5) is 29.6. The van der Waals surface area contributed by atoms with E-state index in [0.717, 1.165) is 35.5 Å². The van der Waals surface area contributed by atoms with Gasteiger partial charge in [-0.15, -0.1) is 0 Å². The lowest BCUT2D eigenvalue weighted by Gasteiger charge is -2.31. The minimum Gasteiger partial charge on any atom is -0.497 e. The standard InChI is InChI=1S/C23H24N2O5/c1-28-18-5-6-19-15(11-18)3-2-8-24(19)23(27)16-12-22(26)25(14-16)17-4-7-20-21(13-17)30-10-9-29-20/h4-7,11,13,16H,2-3,8-10,12,14H2,1H3. The number of amides is 2. The molecule has 7 heteroatoms. The maximum atomic E-state index is 13.3. The first-order valence-corrected chi connectivity index (χ1v) is 10.3. The van der Waals surface area contributed by atoms with Gasteiger partial charge in [-0.2, -0.15) is 0 Å². The highest BCUT2D eigenvalue weighted by atomic mass is 16.6. The van der Waals surface area contributed by atoms with E-state index < -0.39 is 0 Å². The van der Waals surface area contributed by atoms with Gasteiger partial charge in [0.25, 0.3) is 0 Å². The Bertz CT molecular complexity index is 1010. The fourth-order valence-electron chi connectivity index (χ4n) is 4.47. The first-order valence-electron chi connectivity index (χ1n) is 10.3. The van der Waals surface area contributed by atoms with Gasteiger partial charge >= 0.3 is 0 Å². The van der Waals surface area contributed by atoms with E-state index in [2.05, 4.69) is 0 Å². The van der Waals surface area contributed by atoms with E-state index in [1.54, 1.807) is 12.0 Å². The summed E-state index contributed by atoms with van der Waals surface area (Å²) in [6, 6.07) is 11.3. The topological polar surface area (TPSA) is 68.3 Å². The molecule has 3 aliphatic heterocycles. The summed E-state index contributed by atoms with van der Waals surface area (Å²) in [5, 5.41) is 0. The molecule has 1 saturated heterocycles. The van der Waals surface area contributed by atoms with Crippen molar-refractivity contribution in [3.63, 3.8) is 0 Å². The molecule has 2 amide bonds. The van der Waals surface area contributed by atoms with E-state index in [4.69, 9.17) is 14.2 Å². The van der Waals surface area contributed by atoms with Gasteiger partial charge < -0.3 is 24.0 Å². The van der Waals surface area contributed by atoms with Gasteiger partial charge in [0.15, 0.2) is 11.5 Å².